The lowest BCUT2D eigenvalue weighted by atomic mass is 9.86. The fourth-order valence-corrected chi connectivity index (χ4v) is 2.06. The van der Waals surface area contributed by atoms with Gasteiger partial charge in [-0.25, -0.2) is 4.39 Å². The summed E-state index contributed by atoms with van der Waals surface area (Å²) >= 11 is 0. The van der Waals surface area contributed by atoms with Crippen molar-refractivity contribution >= 4 is 0 Å². The fourth-order valence-electron chi connectivity index (χ4n) is 2.06. The second-order valence-electron chi connectivity index (χ2n) is 5.61. The van der Waals surface area contributed by atoms with Gasteiger partial charge in [-0.3, -0.25) is 4.90 Å². The number of hydrogen-bond donors (Lipinski definition) is 1. The second-order valence-corrected chi connectivity index (χ2v) is 5.61. The average Bonchev–Trinajstić information content (AvgIpc) is 2.20. The third-order valence-electron chi connectivity index (χ3n) is 3.05. The second kappa shape index (κ2) is 5.61. The fraction of sp³-hybridized carbons (Fsp3) is 0.571. The van der Waals surface area contributed by atoms with Crippen molar-refractivity contribution in [2.75, 3.05) is 13.7 Å². The highest BCUT2D eigenvalue weighted by atomic mass is 19.1. The van der Waals surface area contributed by atoms with Gasteiger partial charge in [0.15, 0.2) is 0 Å². The summed E-state index contributed by atoms with van der Waals surface area (Å²) in [6.45, 7) is 7.16. The van der Waals surface area contributed by atoms with E-state index in [9.17, 15) is 9.50 Å². The maximum Gasteiger partial charge on any atom is 0.123 e. The molecule has 1 atom stereocenters. The maximum absolute atomic E-state index is 12.8. The Bertz CT molecular complexity index is 342. The van der Waals surface area contributed by atoms with Gasteiger partial charge in [0.2, 0.25) is 0 Å². The number of halogens is 1. The van der Waals surface area contributed by atoms with Crippen LogP contribution in [0.2, 0.25) is 0 Å². The molecule has 0 fully saturated rings. The highest BCUT2D eigenvalue weighted by Gasteiger charge is 2.27. The Balaban J connectivity index is 2.70. The SMILES string of the molecule is CN(Cc1ccc(F)cc1)C(CO)C(C)(C)C. The molecule has 0 amide bonds. The van der Waals surface area contributed by atoms with Crippen LogP contribution in [0.1, 0.15) is 26.3 Å². The Hall–Kier alpha value is -0.930. The van der Waals surface area contributed by atoms with E-state index in [1.165, 1.54) is 12.1 Å². The van der Waals surface area contributed by atoms with Crippen LogP contribution in [0.5, 0.6) is 0 Å². The summed E-state index contributed by atoms with van der Waals surface area (Å²) in [6, 6.07) is 6.58. The van der Waals surface area contributed by atoms with Crippen LogP contribution in [0.25, 0.3) is 0 Å². The molecule has 2 nitrogen and oxygen atoms in total. The van der Waals surface area contributed by atoms with Crippen molar-refractivity contribution in [2.24, 2.45) is 5.41 Å². The highest BCUT2D eigenvalue weighted by Crippen LogP contribution is 2.24. The Labute approximate surface area is 103 Å². The van der Waals surface area contributed by atoms with Gasteiger partial charge in [-0.15, -0.1) is 0 Å². The number of hydrogen-bond acceptors (Lipinski definition) is 2. The third-order valence-corrected chi connectivity index (χ3v) is 3.05. The molecule has 0 heterocycles. The topological polar surface area (TPSA) is 23.5 Å². The number of nitrogens with zero attached hydrogens (tertiary/aromatic N) is 1. The van der Waals surface area contributed by atoms with Crippen molar-refractivity contribution in [3.8, 4) is 0 Å². The first-order valence-corrected chi connectivity index (χ1v) is 5.90. The summed E-state index contributed by atoms with van der Waals surface area (Å²) in [6.07, 6.45) is 0. The van der Waals surface area contributed by atoms with E-state index in [0.717, 1.165) is 5.56 Å². The number of benzene rings is 1. The molecule has 0 aromatic heterocycles. The summed E-state index contributed by atoms with van der Waals surface area (Å²) in [5.74, 6) is -0.217. The van der Waals surface area contributed by atoms with Crippen molar-refractivity contribution < 1.29 is 9.50 Å². The summed E-state index contributed by atoms with van der Waals surface area (Å²) in [7, 11) is 1.98. The molecule has 96 valence electrons. The van der Waals surface area contributed by atoms with Gasteiger partial charge < -0.3 is 5.11 Å². The van der Waals surface area contributed by atoms with Crippen LogP contribution < -0.4 is 0 Å². The van der Waals surface area contributed by atoms with Gasteiger partial charge in [0.25, 0.3) is 0 Å². The van der Waals surface area contributed by atoms with Crippen LogP contribution >= 0.6 is 0 Å². The van der Waals surface area contributed by atoms with Crippen LogP contribution in [0.3, 0.4) is 0 Å². The number of aliphatic hydroxyl groups excluding tert-OH is 1. The molecule has 0 aliphatic heterocycles. The minimum atomic E-state index is -0.217. The van der Waals surface area contributed by atoms with Crippen molar-refractivity contribution in [1.82, 2.24) is 4.90 Å². The molecular formula is C14H22FNO. The molecule has 17 heavy (non-hydrogen) atoms. The molecule has 1 rings (SSSR count). The lowest BCUT2D eigenvalue weighted by molar-refractivity contribution is 0.0614. The number of likely N-dealkylation sites (N-methyl/N-ethyl adjacent to an activating group) is 1. The predicted octanol–water partition coefficient (Wildman–Crippen LogP) is 2.66. The highest BCUT2D eigenvalue weighted by molar-refractivity contribution is 5.16. The zero-order valence-electron chi connectivity index (χ0n) is 11.1. The molecule has 1 N–H and O–H groups in total. The van der Waals surface area contributed by atoms with Crippen molar-refractivity contribution in [2.45, 2.75) is 33.4 Å². The van der Waals surface area contributed by atoms with Crippen LogP contribution in [0.15, 0.2) is 24.3 Å². The smallest absolute Gasteiger partial charge is 0.123 e. The first-order chi connectivity index (χ1) is 7.84. The predicted molar refractivity (Wildman–Crippen MR) is 68.2 cm³/mol. The zero-order valence-corrected chi connectivity index (χ0v) is 11.1. The molecule has 0 spiro atoms. The Kier molecular flexibility index (Phi) is 4.66. The van der Waals surface area contributed by atoms with Gasteiger partial charge in [-0.05, 0) is 30.2 Å². The van der Waals surface area contributed by atoms with Crippen molar-refractivity contribution in [3.63, 3.8) is 0 Å². The Morgan fingerprint density at radius 1 is 1.24 bits per heavy atom. The summed E-state index contributed by atoms with van der Waals surface area (Å²) < 4.78 is 12.8. The normalized spacial score (nSPS) is 14.1. The maximum atomic E-state index is 12.8. The van der Waals surface area contributed by atoms with Gasteiger partial charge >= 0.3 is 0 Å². The average molecular weight is 239 g/mol. The molecule has 0 bridgehead atoms. The van der Waals surface area contributed by atoms with Crippen LogP contribution in [-0.2, 0) is 6.54 Å². The van der Waals surface area contributed by atoms with Crippen LogP contribution in [-0.4, -0.2) is 29.7 Å². The quantitative estimate of drug-likeness (QED) is 0.873. The van der Waals surface area contributed by atoms with Gasteiger partial charge in [-0.2, -0.15) is 0 Å². The standard InChI is InChI=1S/C14H22FNO/c1-14(2,3)13(10-17)16(4)9-11-5-7-12(15)8-6-11/h5-8,13,17H,9-10H2,1-4H3. The molecule has 0 saturated carbocycles. The molecule has 0 aliphatic carbocycles. The van der Waals surface area contributed by atoms with E-state index in [2.05, 4.69) is 25.7 Å². The molecule has 1 aromatic carbocycles. The minimum absolute atomic E-state index is 0.0174. The van der Waals surface area contributed by atoms with Gasteiger partial charge in [0, 0.05) is 12.6 Å². The molecular weight excluding hydrogens is 217 g/mol. The molecule has 1 aromatic rings. The Morgan fingerprint density at radius 2 is 1.76 bits per heavy atom. The molecule has 0 saturated heterocycles. The largest absolute Gasteiger partial charge is 0.395 e. The van der Waals surface area contributed by atoms with E-state index in [-0.39, 0.29) is 23.9 Å². The van der Waals surface area contributed by atoms with Gasteiger partial charge in [0.1, 0.15) is 5.82 Å². The molecule has 0 radical (unpaired) electrons. The van der Waals surface area contributed by atoms with Gasteiger partial charge in [-0.1, -0.05) is 32.9 Å². The lowest BCUT2D eigenvalue weighted by Gasteiger charge is -2.36. The lowest BCUT2D eigenvalue weighted by Crippen LogP contribution is -2.43. The molecule has 1 unspecified atom stereocenters. The minimum Gasteiger partial charge on any atom is -0.395 e. The molecule has 0 aliphatic rings. The monoisotopic (exact) mass is 239 g/mol. The van der Waals surface area contributed by atoms with Gasteiger partial charge in [0.05, 0.1) is 6.61 Å². The van der Waals surface area contributed by atoms with Crippen molar-refractivity contribution in [1.29, 1.82) is 0 Å². The number of aliphatic hydroxyl groups is 1. The van der Waals surface area contributed by atoms with E-state index in [1.54, 1.807) is 12.1 Å². The van der Waals surface area contributed by atoms with E-state index >= 15 is 0 Å². The Morgan fingerprint density at radius 3 is 2.18 bits per heavy atom. The van der Waals surface area contributed by atoms with E-state index in [1.807, 2.05) is 7.05 Å². The zero-order chi connectivity index (χ0) is 13.1. The van der Waals surface area contributed by atoms with E-state index in [0.29, 0.717) is 6.54 Å². The van der Waals surface area contributed by atoms with E-state index in [4.69, 9.17) is 0 Å². The first kappa shape index (κ1) is 14.1. The summed E-state index contributed by atoms with van der Waals surface area (Å²) in [5.41, 5.74) is 1.07. The summed E-state index contributed by atoms with van der Waals surface area (Å²) in [5, 5.41) is 9.45. The number of rotatable bonds is 4. The van der Waals surface area contributed by atoms with Crippen LogP contribution in [0.4, 0.5) is 4.39 Å². The van der Waals surface area contributed by atoms with E-state index < -0.39 is 0 Å². The van der Waals surface area contributed by atoms with Crippen molar-refractivity contribution in [3.05, 3.63) is 35.6 Å². The third kappa shape index (κ3) is 4.10. The first-order valence-electron chi connectivity index (χ1n) is 5.90. The molecule has 3 heteroatoms. The van der Waals surface area contributed by atoms with Crippen LogP contribution in [0, 0.1) is 11.2 Å². The summed E-state index contributed by atoms with van der Waals surface area (Å²) in [4.78, 5) is 2.10.